The molecule has 0 aliphatic heterocycles. The van der Waals surface area contributed by atoms with Crippen LogP contribution in [0.3, 0.4) is 0 Å². The van der Waals surface area contributed by atoms with Crippen LogP contribution in [-0.2, 0) is 12.4 Å². The first-order valence-electron chi connectivity index (χ1n) is 7.01. The normalized spacial score (nSPS) is 13.0. The third-order valence-corrected chi connectivity index (χ3v) is 3.74. The number of benzene rings is 2. The predicted molar refractivity (Wildman–Crippen MR) is 87.9 cm³/mol. The van der Waals surface area contributed by atoms with Crippen molar-refractivity contribution in [2.24, 2.45) is 0 Å². The van der Waals surface area contributed by atoms with Gasteiger partial charge in [-0.05, 0) is 30.2 Å². The van der Waals surface area contributed by atoms with Gasteiger partial charge in [0.2, 0.25) is 0 Å². The van der Waals surface area contributed by atoms with Crippen molar-refractivity contribution in [3.63, 3.8) is 0 Å². The molecule has 8 heteroatoms. The van der Waals surface area contributed by atoms with Crippen LogP contribution in [0, 0.1) is 0 Å². The van der Waals surface area contributed by atoms with Crippen LogP contribution in [0.2, 0.25) is 0 Å². The van der Waals surface area contributed by atoms with E-state index in [1.165, 1.54) is 12.1 Å². The molecule has 1 atom stereocenters. The molecule has 0 heterocycles. The minimum atomic E-state index is -4.71. The van der Waals surface area contributed by atoms with Crippen molar-refractivity contribution in [3.05, 3.63) is 59.7 Å². The Morgan fingerprint density at radius 3 is 1.28 bits per heavy atom. The van der Waals surface area contributed by atoms with Crippen molar-refractivity contribution in [2.75, 3.05) is 5.88 Å². The Labute approximate surface area is 151 Å². The van der Waals surface area contributed by atoms with Gasteiger partial charge in [-0.1, -0.05) is 36.4 Å². The van der Waals surface area contributed by atoms with E-state index in [0.29, 0.717) is 5.88 Å². The molecule has 0 bridgehead atoms. The highest BCUT2D eigenvalue weighted by atomic mass is 35.5. The molecule has 0 spiro atoms. The lowest BCUT2D eigenvalue weighted by Crippen LogP contribution is -2.11. The van der Waals surface area contributed by atoms with Crippen LogP contribution >= 0.6 is 23.2 Å². The molecule has 0 radical (unpaired) electrons. The molecule has 2 aromatic rings. The average molecular weight is 403 g/mol. The van der Waals surface area contributed by atoms with E-state index in [-0.39, 0.29) is 5.38 Å². The first-order valence-corrected chi connectivity index (χ1v) is 7.98. The molecule has 0 aliphatic rings. The van der Waals surface area contributed by atoms with Gasteiger partial charge in [0.25, 0.3) is 0 Å². The summed E-state index contributed by atoms with van der Waals surface area (Å²) >= 11 is 10.5. The number of hydrogen-bond acceptors (Lipinski definition) is 0. The summed E-state index contributed by atoms with van der Waals surface area (Å²) < 4.78 is 77.3. The van der Waals surface area contributed by atoms with Gasteiger partial charge in [0.1, 0.15) is 0 Å². The molecule has 0 amide bonds. The fourth-order valence-electron chi connectivity index (χ4n) is 1.93. The minimum Gasteiger partial charge on any atom is -0.166 e. The van der Waals surface area contributed by atoms with Crippen LogP contribution in [0.15, 0.2) is 48.5 Å². The Morgan fingerprint density at radius 1 is 0.760 bits per heavy atom. The van der Waals surface area contributed by atoms with Crippen molar-refractivity contribution < 1.29 is 26.3 Å². The maximum Gasteiger partial charge on any atom is 0.417 e. The van der Waals surface area contributed by atoms with Crippen molar-refractivity contribution in [1.29, 1.82) is 0 Å². The van der Waals surface area contributed by atoms with Gasteiger partial charge in [-0.3, -0.25) is 0 Å². The Morgan fingerprint density at radius 2 is 1.04 bits per heavy atom. The van der Waals surface area contributed by atoms with E-state index in [1.54, 1.807) is 0 Å². The largest absolute Gasteiger partial charge is 0.417 e. The second-order valence-corrected chi connectivity index (χ2v) is 6.08. The molecule has 0 saturated heterocycles. The molecule has 2 aromatic carbocycles. The maximum absolute atomic E-state index is 12.9. The third kappa shape index (κ3) is 6.44. The molecular formula is C17H14Cl2F6. The second-order valence-electron chi connectivity index (χ2n) is 5.02. The Bertz CT molecular complexity index is 622. The monoisotopic (exact) mass is 402 g/mol. The second kappa shape index (κ2) is 8.81. The molecule has 0 aliphatic carbocycles. The molecular weight excluding hydrogens is 389 g/mol. The summed E-state index contributed by atoms with van der Waals surface area (Å²) in [7, 11) is 0. The third-order valence-electron chi connectivity index (χ3n) is 2.97. The fraction of sp³-hybridized carbons (Fsp3) is 0.294. The number of rotatable bonds is 2. The summed E-state index contributed by atoms with van der Waals surface area (Å²) in [4.78, 5) is 0. The van der Waals surface area contributed by atoms with Gasteiger partial charge in [0, 0.05) is 11.3 Å². The molecule has 1 unspecified atom stereocenters. The minimum absolute atomic E-state index is 0.122. The summed E-state index contributed by atoms with van der Waals surface area (Å²) in [6.45, 7) is 1.86. The van der Waals surface area contributed by atoms with Crippen molar-refractivity contribution in [2.45, 2.75) is 24.7 Å². The van der Waals surface area contributed by atoms with Crippen LogP contribution in [0.25, 0.3) is 11.1 Å². The highest BCUT2D eigenvalue weighted by molar-refractivity contribution is 6.27. The van der Waals surface area contributed by atoms with Crippen LogP contribution in [-0.4, -0.2) is 11.3 Å². The fourth-order valence-corrected chi connectivity index (χ4v) is 1.93. The lowest BCUT2D eigenvalue weighted by atomic mass is 9.95. The average Bonchev–Trinajstić information content (AvgIpc) is 2.54. The van der Waals surface area contributed by atoms with Crippen LogP contribution in [0.1, 0.15) is 18.1 Å². The van der Waals surface area contributed by atoms with Gasteiger partial charge in [-0.15, -0.1) is 23.2 Å². The topological polar surface area (TPSA) is 0 Å². The van der Waals surface area contributed by atoms with E-state index in [2.05, 4.69) is 0 Å². The van der Waals surface area contributed by atoms with Crippen molar-refractivity contribution in [3.8, 4) is 11.1 Å². The van der Waals surface area contributed by atoms with E-state index < -0.39 is 34.6 Å². The Hall–Kier alpha value is -1.40. The van der Waals surface area contributed by atoms with E-state index in [1.807, 2.05) is 6.92 Å². The summed E-state index contributed by atoms with van der Waals surface area (Å²) in [5.74, 6) is 0.543. The van der Waals surface area contributed by atoms with Crippen LogP contribution < -0.4 is 0 Å². The number of alkyl halides is 8. The summed E-state index contributed by atoms with van der Waals surface area (Å²) in [6.07, 6.45) is -9.43. The Kier molecular flexibility index (Phi) is 7.62. The zero-order valence-corrected chi connectivity index (χ0v) is 14.4. The highest BCUT2D eigenvalue weighted by Gasteiger charge is 2.37. The van der Waals surface area contributed by atoms with E-state index in [9.17, 15) is 26.3 Å². The van der Waals surface area contributed by atoms with E-state index >= 15 is 0 Å². The molecule has 138 valence electrons. The summed E-state index contributed by atoms with van der Waals surface area (Å²) in [6, 6.07) is 8.44. The first-order chi connectivity index (χ1) is 11.5. The van der Waals surface area contributed by atoms with E-state index in [0.717, 1.165) is 36.4 Å². The SMILES string of the molecule is CC(Cl)CCl.FC(F)(F)c1ccccc1-c1ccccc1C(F)(F)F. The quantitative estimate of drug-likeness (QED) is 0.366. The summed E-state index contributed by atoms with van der Waals surface area (Å²) in [5.41, 5.74) is -3.13. The van der Waals surface area contributed by atoms with Gasteiger partial charge in [0.15, 0.2) is 0 Å². The molecule has 0 aromatic heterocycles. The molecule has 0 nitrogen and oxygen atoms in total. The van der Waals surface area contributed by atoms with Gasteiger partial charge in [0.05, 0.1) is 11.1 Å². The lowest BCUT2D eigenvalue weighted by Gasteiger charge is -2.17. The van der Waals surface area contributed by atoms with Gasteiger partial charge < -0.3 is 0 Å². The van der Waals surface area contributed by atoms with Gasteiger partial charge in [-0.25, -0.2) is 0 Å². The van der Waals surface area contributed by atoms with Crippen LogP contribution in [0.4, 0.5) is 26.3 Å². The van der Waals surface area contributed by atoms with Crippen LogP contribution in [0.5, 0.6) is 0 Å². The molecule has 0 N–H and O–H groups in total. The zero-order valence-electron chi connectivity index (χ0n) is 12.9. The van der Waals surface area contributed by atoms with Crippen molar-refractivity contribution >= 4 is 23.2 Å². The molecule has 0 fully saturated rings. The predicted octanol–water partition coefficient (Wildman–Crippen LogP) is 7.24. The smallest absolute Gasteiger partial charge is 0.166 e. The number of halogens is 8. The van der Waals surface area contributed by atoms with Gasteiger partial charge >= 0.3 is 12.4 Å². The molecule has 0 saturated carbocycles. The highest BCUT2D eigenvalue weighted by Crippen LogP contribution is 2.42. The molecule has 25 heavy (non-hydrogen) atoms. The molecule has 2 rings (SSSR count). The first kappa shape index (κ1) is 21.6. The number of hydrogen-bond donors (Lipinski definition) is 0. The standard InChI is InChI=1S/C14H8F6.C3H6Cl2/c15-13(16,17)11-7-3-1-5-9(11)10-6-2-4-8-12(10)14(18,19)20;1-3(5)2-4/h1-8H;3H,2H2,1H3. The maximum atomic E-state index is 12.9. The van der Waals surface area contributed by atoms with Gasteiger partial charge in [-0.2, -0.15) is 26.3 Å². The Balaban J connectivity index is 0.000000550. The van der Waals surface area contributed by atoms with Crippen molar-refractivity contribution in [1.82, 2.24) is 0 Å². The zero-order chi connectivity index (χ0) is 19.3. The lowest BCUT2D eigenvalue weighted by molar-refractivity contribution is -0.139. The summed E-state index contributed by atoms with van der Waals surface area (Å²) in [5, 5.41) is 0.122. The van der Waals surface area contributed by atoms with E-state index in [4.69, 9.17) is 23.2 Å².